The molecule has 0 spiro atoms. The number of hydrogen-bond acceptors (Lipinski definition) is 0. The third kappa shape index (κ3) is 2.20. The molecule has 1 fully saturated rings. The van der Waals surface area contributed by atoms with Crippen molar-refractivity contribution in [1.82, 2.24) is 0 Å². The molecule has 0 unspecified atom stereocenters. The highest BCUT2D eigenvalue weighted by molar-refractivity contribution is 5.30. The van der Waals surface area contributed by atoms with Gasteiger partial charge in [0.05, 0.1) is 0 Å². The Bertz CT molecular complexity index is 418. The molecule has 0 radical (unpaired) electrons. The van der Waals surface area contributed by atoms with Crippen LogP contribution in [0.4, 0.5) is 13.2 Å². The van der Waals surface area contributed by atoms with Crippen LogP contribution in [0.2, 0.25) is 0 Å². The molecule has 0 saturated heterocycles. The van der Waals surface area contributed by atoms with E-state index in [0.717, 1.165) is 12.8 Å². The van der Waals surface area contributed by atoms with E-state index in [1.54, 1.807) is 0 Å². The summed E-state index contributed by atoms with van der Waals surface area (Å²) < 4.78 is 41.9. The van der Waals surface area contributed by atoms with Gasteiger partial charge < -0.3 is 0 Å². The fourth-order valence-corrected chi connectivity index (χ4v) is 2.48. The SMILES string of the molecule is Cc1ccc(C2(F)CCC(C)CC2)c(F)c1F. The lowest BCUT2D eigenvalue weighted by atomic mass is 9.77. The highest BCUT2D eigenvalue weighted by Gasteiger charge is 2.38. The van der Waals surface area contributed by atoms with Crippen LogP contribution >= 0.6 is 0 Å². The van der Waals surface area contributed by atoms with E-state index in [1.807, 2.05) is 0 Å². The topological polar surface area (TPSA) is 0 Å². The molecular formula is C14H17F3. The van der Waals surface area contributed by atoms with Crippen LogP contribution in [0.3, 0.4) is 0 Å². The van der Waals surface area contributed by atoms with Crippen molar-refractivity contribution < 1.29 is 13.2 Å². The fourth-order valence-electron chi connectivity index (χ4n) is 2.48. The fraction of sp³-hybridized carbons (Fsp3) is 0.571. The first-order chi connectivity index (χ1) is 7.94. The monoisotopic (exact) mass is 242 g/mol. The third-order valence-electron chi connectivity index (χ3n) is 3.82. The van der Waals surface area contributed by atoms with Gasteiger partial charge in [0.2, 0.25) is 0 Å². The second kappa shape index (κ2) is 4.35. The lowest BCUT2D eigenvalue weighted by molar-refractivity contribution is 0.0809. The average molecular weight is 242 g/mol. The molecule has 0 atom stereocenters. The van der Waals surface area contributed by atoms with Crippen molar-refractivity contribution in [2.24, 2.45) is 5.92 Å². The van der Waals surface area contributed by atoms with Gasteiger partial charge in [0.1, 0.15) is 5.67 Å². The lowest BCUT2D eigenvalue weighted by Gasteiger charge is -2.33. The second-order valence-electron chi connectivity index (χ2n) is 5.21. The first-order valence-corrected chi connectivity index (χ1v) is 6.08. The number of hydrogen-bond donors (Lipinski definition) is 0. The number of halogens is 3. The molecule has 0 bridgehead atoms. The minimum atomic E-state index is -1.69. The number of aryl methyl sites for hydroxylation is 1. The second-order valence-corrected chi connectivity index (χ2v) is 5.21. The summed E-state index contributed by atoms with van der Waals surface area (Å²) in [6.07, 6.45) is 2.03. The van der Waals surface area contributed by atoms with Crippen molar-refractivity contribution in [1.29, 1.82) is 0 Å². The van der Waals surface area contributed by atoms with Gasteiger partial charge >= 0.3 is 0 Å². The normalized spacial score (nSPS) is 29.4. The Kier molecular flexibility index (Phi) is 3.19. The highest BCUT2D eigenvalue weighted by Crippen LogP contribution is 2.44. The van der Waals surface area contributed by atoms with E-state index in [0.29, 0.717) is 5.92 Å². The summed E-state index contributed by atoms with van der Waals surface area (Å²) in [7, 11) is 0. The van der Waals surface area contributed by atoms with Crippen LogP contribution < -0.4 is 0 Å². The summed E-state index contributed by atoms with van der Waals surface area (Å²) >= 11 is 0. The molecular weight excluding hydrogens is 225 g/mol. The molecule has 1 saturated carbocycles. The Labute approximate surface area is 99.8 Å². The van der Waals surface area contributed by atoms with Gasteiger partial charge in [-0.15, -0.1) is 0 Å². The lowest BCUT2D eigenvalue weighted by Crippen LogP contribution is -2.28. The number of alkyl halides is 1. The maximum atomic E-state index is 14.6. The van der Waals surface area contributed by atoms with Gasteiger partial charge in [-0.2, -0.15) is 0 Å². The van der Waals surface area contributed by atoms with Crippen LogP contribution in [-0.2, 0) is 5.67 Å². The summed E-state index contributed by atoms with van der Waals surface area (Å²) in [4.78, 5) is 0. The highest BCUT2D eigenvalue weighted by atomic mass is 19.2. The molecule has 2 rings (SSSR count). The van der Waals surface area contributed by atoms with Gasteiger partial charge in [-0.3, -0.25) is 0 Å². The molecule has 0 nitrogen and oxygen atoms in total. The molecule has 94 valence electrons. The zero-order valence-corrected chi connectivity index (χ0v) is 10.2. The standard InChI is InChI=1S/C14H17F3/c1-9-5-7-14(17,8-6-9)11-4-3-10(2)12(15)13(11)16/h3-4,9H,5-8H2,1-2H3. The summed E-state index contributed by atoms with van der Waals surface area (Å²) in [5, 5.41) is 0. The Morgan fingerprint density at radius 3 is 2.29 bits per heavy atom. The maximum Gasteiger partial charge on any atom is 0.165 e. The molecule has 0 aliphatic heterocycles. The van der Waals surface area contributed by atoms with E-state index >= 15 is 0 Å². The van der Waals surface area contributed by atoms with E-state index in [1.165, 1.54) is 19.1 Å². The van der Waals surface area contributed by atoms with Crippen molar-refractivity contribution in [3.8, 4) is 0 Å². The van der Waals surface area contributed by atoms with Crippen molar-refractivity contribution >= 4 is 0 Å². The van der Waals surface area contributed by atoms with Gasteiger partial charge in [0.25, 0.3) is 0 Å². The summed E-state index contributed by atoms with van der Waals surface area (Å²) in [6, 6.07) is 2.84. The molecule has 1 aromatic carbocycles. The largest absolute Gasteiger partial charge is 0.239 e. The first-order valence-electron chi connectivity index (χ1n) is 6.08. The Morgan fingerprint density at radius 1 is 1.12 bits per heavy atom. The summed E-state index contributed by atoms with van der Waals surface area (Å²) in [5.41, 5.74) is -1.57. The van der Waals surface area contributed by atoms with Crippen molar-refractivity contribution in [2.45, 2.75) is 45.2 Å². The average Bonchev–Trinajstić information content (AvgIpc) is 2.30. The zero-order chi connectivity index (χ0) is 12.6. The smallest absolute Gasteiger partial charge is 0.165 e. The van der Waals surface area contributed by atoms with Gasteiger partial charge in [0, 0.05) is 5.56 Å². The molecule has 1 aliphatic rings. The molecule has 0 heterocycles. The van der Waals surface area contributed by atoms with Crippen molar-refractivity contribution in [2.75, 3.05) is 0 Å². The van der Waals surface area contributed by atoms with Gasteiger partial charge in [-0.05, 0) is 44.1 Å². The van der Waals surface area contributed by atoms with E-state index in [4.69, 9.17) is 0 Å². The van der Waals surface area contributed by atoms with Crippen molar-refractivity contribution in [3.05, 3.63) is 34.9 Å². The van der Waals surface area contributed by atoms with Gasteiger partial charge in [-0.25, -0.2) is 13.2 Å². The minimum absolute atomic E-state index is 0.104. The zero-order valence-electron chi connectivity index (χ0n) is 10.2. The summed E-state index contributed by atoms with van der Waals surface area (Å²) in [6.45, 7) is 3.54. The first kappa shape index (κ1) is 12.5. The Morgan fingerprint density at radius 2 is 1.71 bits per heavy atom. The van der Waals surface area contributed by atoms with E-state index in [2.05, 4.69) is 6.92 Å². The van der Waals surface area contributed by atoms with Crippen LogP contribution in [0, 0.1) is 24.5 Å². The predicted molar refractivity (Wildman–Crippen MR) is 61.5 cm³/mol. The molecule has 0 aromatic heterocycles. The number of rotatable bonds is 1. The predicted octanol–water partition coefficient (Wildman–Crippen LogP) is 4.65. The Balaban J connectivity index is 2.37. The van der Waals surface area contributed by atoms with Crippen LogP contribution in [0.25, 0.3) is 0 Å². The van der Waals surface area contributed by atoms with E-state index in [9.17, 15) is 13.2 Å². The Hall–Kier alpha value is -0.990. The quantitative estimate of drug-likeness (QED) is 0.672. The maximum absolute atomic E-state index is 14.6. The molecule has 17 heavy (non-hydrogen) atoms. The van der Waals surface area contributed by atoms with Crippen LogP contribution in [0.1, 0.15) is 43.7 Å². The molecule has 0 N–H and O–H groups in total. The van der Waals surface area contributed by atoms with Crippen molar-refractivity contribution in [3.63, 3.8) is 0 Å². The van der Waals surface area contributed by atoms with Crippen LogP contribution in [-0.4, -0.2) is 0 Å². The van der Waals surface area contributed by atoms with E-state index < -0.39 is 17.3 Å². The third-order valence-corrected chi connectivity index (χ3v) is 3.82. The molecule has 1 aromatic rings. The molecule has 3 heteroatoms. The summed E-state index contributed by atoms with van der Waals surface area (Å²) in [5.74, 6) is -1.46. The van der Waals surface area contributed by atoms with E-state index in [-0.39, 0.29) is 24.0 Å². The molecule has 1 aliphatic carbocycles. The molecule has 0 amide bonds. The minimum Gasteiger partial charge on any atom is -0.239 e. The van der Waals surface area contributed by atoms with Crippen LogP contribution in [0.5, 0.6) is 0 Å². The van der Waals surface area contributed by atoms with Crippen LogP contribution in [0.15, 0.2) is 12.1 Å². The number of benzene rings is 1. The van der Waals surface area contributed by atoms with Gasteiger partial charge in [-0.1, -0.05) is 19.1 Å². The van der Waals surface area contributed by atoms with Gasteiger partial charge in [0.15, 0.2) is 11.6 Å².